The first-order valence-electron chi connectivity index (χ1n) is 9.90. The van der Waals surface area contributed by atoms with Crippen molar-refractivity contribution in [3.05, 3.63) is 82.3 Å². The molecule has 4 rings (SSSR count). The molecule has 0 unspecified atom stereocenters. The lowest BCUT2D eigenvalue weighted by atomic mass is 10.2. The Morgan fingerprint density at radius 1 is 1.06 bits per heavy atom. The largest absolute Gasteiger partial charge is 0.493 e. The Bertz CT molecular complexity index is 1200. The second kappa shape index (κ2) is 10.2. The summed E-state index contributed by atoms with van der Waals surface area (Å²) in [4.78, 5) is 24.7. The van der Waals surface area contributed by atoms with Crippen LogP contribution in [0, 0.1) is 0 Å². The standard InChI is InChI=1S/C24H19BrN2O6/c1-30-21-12-15(6-11-20(21)33-24(29)16-7-9-17(25)10-8-16)13-26-27-23(28)22-14-31-18-4-2-3-5-19(18)32-22/h2-13,22H,14H2,1H3,(H,27,28)/b26-13-/t22-/m0/s1. The Balaban J connectivity index is 1.37. The number of hydrazone groups is 1. The van der Waals surface area contributed by atoms with Crippen molar-refractivity contribution in [1.29, 1.82) is 0 Å². The molecule has 1 N–H and O–H groups in total. The van der Waals surface area contributed by atoms with E-state index >= 15 is 0 Å². The van der Waals surface area contributed by atoms with Crippen LogP contribution in [-0.4, -0.2) is 37.9 Å². The van der Waals surface area contributed by atoms with E-state index in [-0.39, 0.29) is 12.4 Å². The van der Waals surface area contributed by atoms with Crippen molar-refractivity contribution in [2.75, 3.05) is 13.7 Å². The molecule has 1 atom stereocenters. The maximum absolute atomic E-state index is 12.4. The fraction of sp³-hybridized carbons (Fsp3) is 0.125. The number of rotatable bonds is 6. The number of amides is 1. The minimum atomic E-state index is -0.813. The van der Waals surface area contributed by atoms with Gasteiger partial charge in [-0.05, 0) is 60.2 Å². The number of para-hydroxylation sites is 2. The van der Waals surface area contributed by atoms with Crippen molar-refractivity contribution in [2.45, 2.75) is 6.10 Å². The van der Waals surface area contributed by atoms with Gasteiger partial charge in [0.25, 0.3) is 5.91 Å². The predicted molar refractivity (Wildman–Crippen MR) is 124 cm³/mol. The summed E-state index contributed by atoms with van der Waals surface area (Å²) in [5.74, 6) is 0.761. The van der Waals surface area contributed by atoms with Gasteiger partial charge in [-0.3, -0.25) is 4.79 Å². The summed E-state index contributed by atoms with van der Waals surface area (Å²) >= 11 is 3.33. The fourth-order valence-electron chi connectivity index (χ4n) is 2.98. The van der Waals surface area contributed by atoms with Gasteiger partial charge in [0.2, 0.25) is 6.10 Å². The van der Waals surface area contributed by atoms with E-state index in [1.165, 1.54) is 13.3 Å². The zero-order chi connectivity index (χ0) is 23.2. The summed E-state index contributed by atoms with van der Waals surface area (Å²) in [5, 5.41) is 3.97. The number of nitrogens with zero attached hydrogens (tertiary/aromatic N) is 1. The van der Waals surface area contributed by atoms with Gasteiger partial charge in [-0.2, -0.15) is 5.10 Å². The number of hydrogen-bond donors (Lipinski definition) is 1. The molecule has 9 heteroatoms. The van der Waals surface area contributed by atoms with Crippen molar-refractivity contribution in [2.24, 2.45) is 5.10 Å². The summed E-state index contributed by atoms with van der Waals surface area (Å²) in [7, 11) is 1.47. The van der Waals surface area contributed by atoms with Gasteiger partial charge < -0.3 is 18.9 Å². The Hall–Kier alpha value is -3.85. The highest BCUT2D eigenvalue weighted by atomic mass is 79.9. The molecule has 0 bridgehead atoms. The third-order valence-electron chi connectivity index (χ3n) is 4.66. The van der Waals surface area contributed by atoms with Crippen LogP contribution < -0.4 is 24.4 Å². The molecule has 1 heterocycles. The quantitative estimate of drug-likeness (QED) is 0.233. The molecule has 1 amide bonds. The van der Waals surface area contributed by atoms with Crippen molar-refractivity contribution in [1.82, 2.24) is 5.43 Å². The van der Waals surface area contributed by atoms with Crippen molar-refractivity contribution in [3.8, 4) is 23.0 Å². The zero-order valence-electron chi connectivity index (χ0n) is 17.5. The maximum atomic E-state index is 12.4. The monoisotopic (exact) mass is 510 g/mol. The first-order valence-corrected chi connectivity index (χ1v) is 10.7. The topological polar surface area (TPSA) is 95.5 Å². The zero-order valence-corrected chi connectivity index (χ0v) is 19.1. The molecule has 8 nitrogen and oxygen atoms in total. The van der Waals surface area contributed by atoms with E-state index in [1.807, 2.05) is 6.07 Å². The van der Waals surface area contributed by atoms with Crippen LogP contribution in [0.2, 0.25) is 0 Å². The van der Waals surface area contributed by atoms with Gasteiger partial charge in [-0.1, -0.05) is 28.1 Å². The highest BCUT2D eigenvalue weighted by molar-refractivity contribution is 9.10. The van der Waals surface area contributed by atoms with E-state index in [2.05, 4.69) is 26.5 Å². The van der Waals surface area contributed by atoms with E-state index in [0.29, 0.717) is 28.4 Å². The molecule has 3 aromatic rings. The minimum absolute atomic E-state index is 0.0879. The first-order chi connectivity index (χ1) is 16.0. The number of methoxy groups -OCH3 is 1. The van der Waals surface area contributed by atoms with Crippen LogP contribution in [0.15, 0.2) is 76.3 Å². The van der Waals surface area contributed by atoms with E-state index in [9.17, 15) is 9.59 Å². The molecule has 0 aliphatic carbocycles. The van der Waals surface area contributed by atoms with E-state index < -0.39 is 18.0 Å². The molecule has 33 heavy (non-hydrogen) atoms. The predicted octanol–water partition coefficient (Wildman–Crippen LogP) is 3.97. The molecule has 0 saturated heterocycles. The number of benzene rings is 3. The number of hydrogen-bond acceptors (Lipinski definition) is 7. The lowest BCUT2D eigenvalue weighted by Gasteiger charge is -2.24. The molecule has 1 aliphatic heterocycles. The Morgan fingerprint density at radius 3 is 2.58 bits per heavy atom. The third kappa shape index (κ3) is 5.50. The lowest BCUT2D eigenvalue weighted by molar-refractivity contribution is -0.130. The normalized spacial score (nSPS) is 14.5. The third-order valence-corrected chi connectivity index (χ3v) is 5.19. The first kappa shape index (κ1) is 22.3. The van der Waals surface area contributed by atoms with Crippen LogP contribution >= 0.6 is 15.9 Å². The number of fused-ring (bicyclic) bond motifs is 1. The minimum Gasteiger partial charge on any atom is -0.493 e. The molecule has 0 saturated carbocycles. The molecule has 3 aromatic carbocycles. The number of halogens is 1. The molecule has 0 aromatic heterocycles. The summed E-state index contributed by atoms with van der Waals surface area (Å²) in [6.45, 7) is 0.0879. The molecular weight excluding hydrogens is 492 g/mol. The number of carbonyl (C=O) groups is 2. The van der Waals surface area contributed by atoms with Gasteiger partial charge in [0.05, 0.1) is 18.9 Å². The maximum Gasteiger partial charge on any atom is 0.343 e. The fourth-order valence-corrected chi connectivity index (χ4v) is 3.25. The van der Waals surface area contributed by atoms with E-state index in [0.717, 1.165) is 4.47 Å². The number of ether oxygens (including phenoxy) is 4. The summed E-state index contributed by atoms with van der Waals surface area (Å²) in [6, 6.07) is 18.9. The average Bonchev–Trinajstić information content (AvgIpc) is 2.84. The Kier molecular flexibility index (Phi) is 6.89. The Labute approximate surface area is 198 Å². The highest BCUT2D eigenvalue weighted by Gasteiger charge is 2.27. The lowest BCUT2D eigenvalue weighted by Crippen LogP contribution is -2.42. The average molecular weight is 511 g/mol. The SMILES string of the molecule is COc1cc(/C=N\NC(=O)[C@@H]2COc3ccccc3O2)ccc1OC(=O)c1ccc(Br)cc1. The van der Waals surface area contributed by atoms with Gasteiger partial charge in [-0.25, -0.2) is 10.2 Å². The van der Waals surface area contributed by atoms with Gasteiger partial charge in [-0.15, -0.1) is 0 Å². The van der Waals surface area contributed by atoms with Gasteiger partial charge in [0, 0.05) is 4.47 Å². The molecule has 1 aliphatic rings. The van der Waals surface area contributed by atoms with E-state index in [4.69, 9.17) is 18.9 Å². The molecule has 0 radical (unpaired) electrons. The van der Waals surface area contributed by atoms with Gasteiger partial charge in [0.15, 0.2) is 23.0 Å². The number of esters is 1. The summed E-state index contributed by atoms with van der Waals surface area (Å²) in [6.07, 6.45) is 0.630. The van der Waals surface area contributed by atoms with Crippen molar-refractivity contribution >= 4 is 34.0 Å². The van der Waals surface area contributed by atoms with Crippen LogP contribution in [-0.2, 0) is 4.79 Å². The van der Waals surface area contributed by atoms with Crippen LogP contribution in [0.4, 0.5) is 0 Å². The second-order valence-corrected chi connectivity index (χ2v) is 7.82. The van der Waals surface area contributed by atoms with Gasteiger partial charge >= 0.3 is 5.97 Å². The van der Waals surface area contributed by atoms with Crippen molar-refractivity contribution in [3.63, 3.8) is 0 Å². The van der Waals surface area contributed by atoms with E-state index in [1.54, 1.807) is 60.7 Å². The van der Waals surface area contributed by atoms with Crippen LogP contribution in [0.3, 0.4) is 0 Å². The number of nitrogens with one attached hydrogen (secondary N) is 1. The summed E-state index contributed by atoms with van der Waals surface area (Å²) < 4.78 is 22.8. The van der Waals surface area contributed by atoms with Crippen LogP contribution in [0.25, 0.3) is 0 Å². The van der Waals surface area contributed by atoms with Crippen molar-refractivity contribution < 1.29 is 28.5 Å². The van der Waals surface area contributed by atoms with Gasteiger partial charge in [0.1, 0.15) is 6.61 Å². The molecular formula is C24H19BrN2O6. The molecule has 0 spiro atoms. The molecule has 0 fully saturated rings. The Morgan fingerprint density at radius 2 is 1.82 bits per heavy atom. The van der Waals surface area contributed by atoms with Crippen LogP contribution in [0.1, 0.15) is 15.9 Å². The smallest absolute Gasteiger partial charge is 0.343 e. The number of carbonyl (C=O) groups excluding carboxylic acids is 2. The van der Waals surface area contributed by atoms with Crippen LogP contribution in [0.5, 0.6) is 23.0 Å². The second-order valence-electron chi connectivity index (χ2n) is 6.91. The molecule has 168 valence electrons. The summed E-state index contributed by atoms with van der Waals surface area (Å²) in [5.41, 5.74) is 3.47. The highest BCUT2D eigenvalue weighted by Crippen LogP contribution is 2.31.